The van der Waals surface area contributed by atoms with Gasteiger partial charge in [-0.25, -0.2) is 0 Å². The minimum atomic E-state index is 0.468. The Hall–Kier alpha value is 0.220. The molecule has 0 atom stereocenters. The number of halogens is 1. The van der Waals surface area contributed by atoms with Crippen LogP contribution in [0.25, 0.3) is 0 Å². The first-order valence-corrected chi connectivity index (χ1v) is 4.28. The molecule has 0 amide bonds. The molecule has 1 aliphatic carbocycles. The lowest BCUT2D eigenvalue weighted by atomic mass is 10.1. The Bertz CT molecular complexity index is 121. The van der Waals surface area contributed by atoms with E-state index in [1.54, 1.807) is 0 Å². The standard InChI is InChI=1S/C6H8IN/c7-5-6(1-2-6)3-4-8/h1-3,5H2. The van der Waals surface area contributed by atoms with Gasteiger partial charge in [-0.05, 0) is 18.3 Å². The quantitative estimate of drug-likeness (QED) is 0.517. The van der Waals surface area contributed by atoms with Gasteiger partial charge in [-0.2, -0.15) is 5.26 Å². The lowest BCUT2D eigenvalue weighted by molar-refractivity contribution is 0.614. The molecule has 0 aromatic heterocycles. The summed E-state index contributed by atoms with van der Waals surface area (Å²) in [6, 6.07) is 2.22. The Labute approximate surface area is 63.2 Å². The summed E-state index contributed by atoms with van der Waals surface area (Å²) in [6.45, 7) is 0. The summed E-state index contributed by atoms with van der Waals surface area (Å²) < 4.78 is 1.16. The molecule has 0 heterocycles. The van der Waals surface area contributed by atoms with Crippen LogP contribution >= 0.6 is 22.6 Å². The van der Waals surface area contributed by atoms with E-state index in [2.05, 4.69) is 28.7 Å². The maximum Gasteiger partial charge on any atom is 0.0627 e. The van der Waals surface area contributed by atoms with Crippen molar-refractivity contribution in [2.75, 3.05) is 4.43 Å². The molecule has 0 aromatic rings. The number of alkyl halides is 1. The van der Waals surface area contributed by atoms with Crippen LogP contribution in [0, 0.1) is 16.7 Å². The molecule has 1 aliphatic rings. The molecule has 0 bridgehead atoms. The monoisotopic (exact) mass is 221 g/mol. The zero-order valence-corrected chi connectivity index (χ0v) is 6.81. The van der Waals surface area contributed by atoms with Gasteiger partial charge in [-0.15, -0.1) is 0 Å². The first-order valence-electron chi connectivity index (χ1n) is 2.76. The van der Waals surface area contributed by atoms with E-state index in [-0.39, 0.29) is 0 Å². The van der Waals surface area contributed by atoms with Gasteiger partial charge in [0, 0.05) is 10.8 Å². The average molecular weight is 221 g/mol. The van der Waals surface area contributed by atoms with Crippen molar-refractivity contribution in [2.24, 2.45) is 5.41 Å². The Morgan fingerprint density at radius 1 is 1.62 bits per heavy atom. The Kier molecular flexibility index (Phi) is 1.76. The van der Waals surface area contributed by atoms with Gasteiger partial charge in [0.25, 0.3) is 0 Å². The van der Waals surface area contributed by atoms with Crippen LogP contribution in [0.4, 0.5) is 0 Å². The van der Waals surface area contributed by atoms with Gasteiger partial charge in [-0.1, -0.05) is 22.6 Å². The third-order valence-corrected chi connectivity index (χ3v) is 3.31. The van der Waals surface area contributed by atoms with Crippen molar-refractivity contribution in [3.63, 3.8) is 0 Å². The molecule has 0 saturated heterocycles. The van der Waals surface area contributed by atoms with Crippen LogP contribution in [0.15, 0.2) is 0 Å². The largest absolute Gasteiger partial charge is 0.198 e. The van der Waals surface area contributed by atoms with Crippen LogP contribution in [0.2, 0.25) is 0 Å². The Balaban J connectivity index is 2.33. The summed E-state index contributed by atoms with van der Waals surface area (Å²) in [7, 11) is 0. The minimum Gasteiger partial charge on any atom is -0.198 e. The number of hydrogen-bond donors (Lipinski definition) is 0. The van der Waals surface area contributed by atoms with E-state index in [9.17, 15) is 0 Å². The highest BCUT2D eigenvalue weighted by Crippen LogP contribution is 2.49. The topological polar surface area (TPSA) is 23.8 Å². The molecule has 1 nitrogen and oxygen atoms in total. The lowest BCUT2D eigenvalue weighted by Crippen LogP contribution is -1.98. The maximum atomic E-state index is 8.32. The molecule has 0 N–H and O–H groups in total. The second kappa shape index (κ2) is 2.22. The second-order valence-corrected chi connectivity index (χ2v) is 3.23. The van der Waals surface area contributed by atoms with E-state index >= 15 is 0 Å². The summed E-state index contributed by atoms with van der Waals surface area (Å²) >= 11 is 2.36. The van der Waals surface area contributed by atoms with Gasteiger partial charge < -0.3 is 0 Å². The normalized spacial score (nSPS) is 22.0. The van der Waals surface area contributed by atoms with E-state index in [4.69, 9.17) is 5.26 Å². The van der Waals surface area contributed by atoms with E-state index in [1.807, 2.05) is 0 Å². The SMILES string of the molecule is N#CCC1(CI)CC1. The molecule has 1 fully saturated rings. The van der Waals surface area contributed by atoms with Gasteiger partial charge in [0.05, 0.1) is 6.07 Å². The van der Waals surface area contributed by atoms with E-state index in [0.717, 1.165) is 6.42 Å². The zero-order chi connectivity index (χ0) is 6.04. The van der Waals surface area contributed by atoms with Crippen LogP contribution in [-0.2, 0) is 0 Å². The highest BCUT2D eigenvalue weighted by molar-refractivity contribution is 14.1. The predicted octanol–water partition coefficient (Wildman–Crippen LogP) is 2.12. The molecule has 8 heavy (non-hydrogen) atoms. The van der Waals surface area contributed by atoms with Crippen molar-refractivity contribution in [3.8, 4) is 6.07 Å². The molecular formula is C6H8IN. The summed E-state index contributed by atoms with van der Waals surface area (Å²) in [5.74, 6) is 0. The fourth-order valence-electron chi connectivity index (χ4n) is 0.702. The number of nitrogens with zero attached hydrogens (tertiary/aromatic N) is 1. The average Bonchev–Trinajstić information content (AvgIpc) is 2.50. The molecule has 0 aliphatic heterocycles. The Morgan fingerprint density at radius 3 is 2.38 bits per heavy atom. The first kappa shape index (κ1) is 6.34. The van der Waals surface area contributed by atoms with Gasteiger partial charge >= 0.3 is 0 Å². The number of rotatable bonds is 2. The van der Waals surface area contributed by atoms with Crippen molar-refractivity contribution >= 4 is 22.6 Å². The lowest BCUT2D eigenvalue weighted by Gasteiger charge is -2.01. The second-order valence-electron chi connectivity index (χ2n) is 2.47. The van der Waals surface area contributed by atoms with Gasteiger partial charge in [0.1, 0.15) is 0 Å². The molecule has 44 valence electrons. The number of nitriles is 1. The molecule has 0 aromatic carbocycles. The van der Waals surface area contributed by atoms with Crippen LogP contribution in [-0.4, -0.2) is 4.43 Å². The Morgan fingerprint density at radius 2 is 2.25 bits per heavy atom. The highest BCUT2D eigenvalue weighted by atomic mass is 127. The molecule has 0 spiro atoms. The van der Waals surface area contributed by atoms with Gasteiger partial charge in [-0.3, -0.25) is 0 Å². The van der Waals surface area contributed by atoms with Crippen LogP contribution in [0.5, 0.6) is 0 Å². The number of hydrogen-bond acceptors (Lipinski definition) is 1. The van der Waals surface area contributed by atoms with Crippen molar-refractivity contribution in [1.29, 1.82) is 5.26 Å². The third-order valence-electron chi connectivity index (χ3n) is 1.69. The van der Waals surface area contributed by atoms with Crippen LogP contribution in [0.1, 0.15) is 19.3 Å². The van der Waals surface area contributed by atoms with E-state index in [1.165, 1.54) is 17.3 Å². The van der Waals surface area contributed by atoms with Crippen molar-refractivity contribution in [3.05, 3.63) is 0 Å². The molecule has 0 radical (unpaired) electrons. The maximum absolute atomic E-state index is 8.32. The molecule has 1 saturated carbocycles. The summed E-state index contributed by atoms with van der Waals surface area (Å²) in [5.41, 5.74) is 0.468. The summed E-state index contributed by atoms with van der Waals surface area (Å²) in [6.07, 6.45) is 3.34. The predicted molar refractivity (Wildman–Crippen MR) is 40.8 cm³/mol. The van der Waals surface area contributed by atoms with Crippen LogP contribution in [0.3, 0.4) is 0 Å². The molecular weight excluding hydrogens is 213 g/mol. The van der Waals surface area contributed by atoms with E-state index in [0.29, 0.717) is 5.41 Å². The van der Waals surface area contributed by atoms with Crippen molar-refractivity contribution < 1.29 is 0 Å². The third kappa shape index (κ3) is 1.13. The van der Waals surface area contributed by atoms with Crippen LogP contribution < -0.4 is 0 Å². The molecule has 1 rings (SSSR count). The fraction of sp³-hybridized carbons (Fsp3) is 0.833. The fourth-order valence-corrected chi connectivity index (χ4v) is 1.73. The zero-order valence-electron chi connectivity index (χ0n) is 4.65. The molecule has 2 heteroatoms. The smallest absolute Gasteiger partial charge is 0.0627 e. The van der Waals surface area contributed by atoms with Crippen molar-refractivity contribution in [2.45, 2.75) is 19.3 Å². The van der Waals surface area contributed by atoms with Crippen molar-refractivity contribution in [1.82, 2.24) is 0 Å². The summed E-state index contributed by atoms with van der Waals surface area (Å²) in [5, 5.41) is 8.32. The molecule has 0 unspecified atom stereocenters. The minimum absolute atomic E-state index is 0.468. The summed E-state index contributed by atoms with van der Waals surface area (Å²) in [4.78, 5) is 0. The van der Waals surface area contributed by atoms with Gasteiger partial charge in [0.2, 0.25) is 0 Å². The first-order chi connectivity index (χ1) is 3.83. The van der Waals surface area contributed by atoms with E-state index < -0.39 is 0 Å². The highest BCUT2D eigenvalue weighted by Gasteiger charge is 2.40. The van der Waals surface area contributed by atoms with Gasteiger partial charge in [0.15, 0.2) is 0 Å².